The smallest absolute Gasteiger partial charge is 0.226 e. The lowest BCUT2D eigenvalue weighted by Crippen LogP contribution is -2.47. The second-order valence-corrected chi connectivity index (χ2v) is 4.91. The van der Waals surface area contributed by atoms with Crippen LogP contribution in [-0.4, -0.2) is 23.2 Å². The van der Waals surface area contributed by atoms with Gasteiger partial charge in [-0.1, -0.05) is 13.3 Å². The molecule has 1 amide bonds. The van der Waals surface area contributed by atoms with Gasteiger partial charge in [0.1, 0.15) is 0 Å². The zero-order chi connectivity index (χ0) is 10.1. The van der Waals surface area contributed by atoms with Crippen LogP contribution in [0.2, 0.25) is 0 Å². The maximum Gasteiger partial charge on any atom is 0.226 e. The molecular weight excluding hydrogens is 166 g/mol. The molecule has 1 fully saturated rings. The predicted molar refractivity (Wildman–Crippen MR) is 51.3 cm³/mol. The van der Waals surface area contributed by atoms with Crippen molar-refractivity contribution in [1.82, 2.24) is 5.32 Å². The Hall–Kier alpha value is -0.570. The monoisotopic (exact) mass is 185 g/mol. The summed E-state index contributed by atoms with van der Waals surface area (Å²) in [4.78, 5) is 11.6. The number of amides is 1. The van der Waals surface area contributed by atoms with E-state index >= 15 is 0 Å². The van der Waals surface area contributed by atoms with Crippen molar-refractivity contribution < 1.29 is 9.90 Å². The third-order valence-electron chi connectivity index (χ3n) is 2.69. The fraction of sp³-hybridized carbons (Fsp3) is 0.900. The Labute approximate surface area is 79.5 Å². The molecular formula is C10H19NO2. The Bertz CT molecular complexity index is 201. The van der Waals surface area contributed by atoms with E-state index in [1.54, 1.807) is 13.8 Å². The van der Waals surface area contributed by atoms with Crippen LogP contribution in [0.5, 0.6) is 0 Å². The van der Waals surface area contributed by atoms with E-state index in [0.717, 1.165) is 19.3 Å². The maximum atomic E-state index is 11.6. The highest BCUT2D eigenvalue weighted by Crippen LogP contribution is 2.40. The zero-order valence-electron chi connectivity index (χ0n) is 8.68. The van der Waals surface area contributed by atoms with E-state index in [1.807, 2.05) is 6.92 Å². The summed E-state index contributed by atoms with van der Waals surface area (Å²) in [7, 11) is 0. The Morgan fingerprint density at radius 1 is 1.54 bits per heavy atom. The summed E-state index contributed by atoms with van der Waals surface area (Å²) in [6.07, 6.45) is 3.10. The van der Waals surface area contributed by atoms with Gasteiger partial charge in [0.15, 0.2) is 0 Å². The lowest BCUT2D eigenvalue weighted by molar-refractivity contribution is -0.135. The van der Waals surface area contributed by atoms with Gasteiger partial charge in [0, 0.05) is 12.0 Å². The standard InChI is InChI=1S/C10H19NO2/c1-9(2,13)7-11-8(12)10(3)5-4-6-10/h13H,4-7H2,1-3H3,(H,11,12). The first-order chi connectivity index (χ1) is 5.83. The second kappa shape index (κ2) is 3.29. The highest BCUT2D eigenvalue weighted by molar-refractivity contribution is 5.83. The second-order valence-electron chi connectivity index (χ2n) is 4.91. The SMILES string of the molecule is CC(C)(O)CNC(=O)C1(C)CCC1. The number of rotatable bonds is 3. The molecule has 0 atom stereocenters. The van der Waals surface area contributed by atoms with Crippen LogP contribution in [0.25, 0.3) is 0 Å². The van der Waals surface area contributed by atoms with Crippen LogP contribution < -0.4 is 5.32 Å². The molecule has 1 aliphatic rings. The van der Waals surface area contributed by atoms with E-state index in [2.05, 4.69) is 5.32 Å². The summed E-state index contributed by atoms with van der Waals surface area (Å²) in [5, 5.41) is 12.2. The van der Waals surface area contributed by atoms with Gasteiger partial charge >= 0.3 is 0 Å². The van der Waals surface area contributed by atoms with Crippen LogP contribution in [-0.2, 0) is 4.79 Å². The highest BCUT2D eigenvalue weighted by Gasteiger charge is 2.39. The van der Waals surface area contributed by atoms with Crippen LogP contribution in [0.4, 0.5) is 0 Å². The van der Waals surface area contributed by atoms with Gasteiger partial charge in [-0.05, 0) is 26.7 Å². The van der Waals surface area contributed by atoms with Crippen molar-refractivity contribution in [3.05, 3.63) is 0 Å². The molecule has 3 heteroatoms. The van der Waals surface area contributed by atoms with Crippen LogP contribution in [0.3, 0.4) is 0 Å². The van der Waals surface area contributed by atoms with Gasteiger partial charge in [0.2, 0.25) is 5.91 Å². The van der Waals surface area contributed by atoms with Gasteiger partial charge in [0.25, 0.3) is 0 Å². The molecule has 2 N–H and O–H groups in total. The van der Waals surface area contributed by atoms with Crippen LogP contribution in [0.1, 0.15) is 40.0 Å². The van der Waals surface area contributed by atoms with Crippen molar-refractivity contribution >= 4 is 5.91 Å². The van der Waals surface area contributed by atoms with Crippen LogP contribution in [0.15, 0.2) is 0 Å². The van der Waals surface area contributed by atoms with Crippen molar-refractivity contribution in [2.45, 2.75) is 45.6 Å². The summed E-state index contributed by atoms with van der Waals surface area (Å²) < 4.78 is 0. The van der Waals surface area contributed by atoms with Gasteiger partial charge in [-0.3, -0.25) is 4.79 Å². The topological polar surface area (TPSA) is 49.3 Å². The Morgan fingerprint density at radius 2 is 2.08 bits per heavy atom. The minimum Gasteiger partial charge on any atom is -0.389 e. The van der Waals surface area contributed by atoms with Gasteiger partial charge in [-0.15, -0.1) is 0 Å². The van der Waals surface area contributed by atoms with Crippen LogP contribution >= 0.6 is 0 Å². The molecule has 0 heterocycles. The third-order valence-corrected chi connectivity index (χ3v) is 2.69. The van der Waals surface area contributed by atoms with E-state index in [0.29, 0.717) is 6.54 Å². The number of hydrogen-bond donors (Lipinski definition) is 2. The van der Waals surface area contributed by atoms with Gasteiger partial charge in [-0.2, -0.15) is 0 Å². The molecule has 0 aliphatic heterocycles. The molecule has 0 saturated heterocycles. The van der Waals surface area contributed by atoms with E-state index in [9.17, 15) is 9.90 Å². The molecule has 0 aromatic carbocycles. The number of carbonyl (C=O) groups excluding carboxylic acids is 1. The first kappa shape index (κ1) is 10.5. The summed E-state index contributed by atoms with van der Waals surface area (Å²) in [6, 6.07) is 0. The molecule has 0 aromatic heterocycles. The molecule has 0 bridgehead atoms. The average molecular weight is 185 g/mol. The first-order valence-corrected chi connectivity index (χ1v) is 4.84. The number of nitrogens with one attached hydrogen (secondary N) is 1. The van der Waals surface area contributed by atoms with Gasteiger partial charge < -0.3 is 10.4 Å². The van der Waals surface area contributed by atoms with E-state index in [4.69, 9.17) is 0 Å². The number of hydrogen-bond acceptors (Lipinski definition) is 2. The molecule has 3 nitrogen and oxygen atoms in total. The lowest BCUT2D eigenvalue weighted by Gasteiger charge is -2.37. The summed E-state index contributed by atoms with van der Waals surface area (Å²) in [5.41, 5.74) is -0.971. The molecule has 1 saturated carbocycles. The molecule has 1 aliphatic carbocycles. The molecule has 13 heavy (non-hydrogen) atoms. The lowest BCUT2D eigenvalue weighted by atomic mass is 9.70. The highest BCUT2D eigenvalue weighted by atomic mass is 16.3. The molecule has 0 spiro atoms. The molecule has 76 valence electrons. The third kappa shape index (κ3) is 2.69. The maximum absolute atomic E-state index is 11.6. The minimum atomic E-state index is -0.810. The summed E-state index contributed by atoms with van der Waals surface area (Å²) in [5.74, 6) is 0.0841. The average Bonchev–Trinajstić information content (AvgIpc) is 1.94. The van der Waals surface area contributed by atoms with Crippen molar-refractivity contribution in [2.75, 3.05) is 6.54 Å². The Balaban J connectivity index is 2.34. The molecule has 1 rings (SSSR count). The first-order valence-electron chi connectivity index (χ1n) is 4.84. The fourth-order valence-electron chi connectivity index (χ4n) is 1.44. The molecule has 0 unspecified atom stereocenters. The normalized spacial score (nSPS) is 20.6. The van der Waals surface area contributed by atoms with Gasteiger partial charge in [-0.25, -0.2) is 0 Å². The largest absolute Gasteiger partial charge is 0.389 e. The predicted octanol–water partition coefficient (Wildman–Crippen LogP) is 1.06. The minimum absolute atomic E-state index is 0.0841. The van der Waals surface area contributed by atoms with Gasteiger partial charge in [0.05, 0.1) is 5.60 Å². The summed E-state index contributed by atoms with van der Waals surface area (Å²) in [6.45, 7) is 5.70. The number of aliphatic hydroxyl groups is 1. The zero-order valence-corrected chi connectivity index (χ0v) is 8.68. The molecule has 0 radical (unpaired) electrons. The van der Waals surface area contributed by atoms with Crippen molar-refractivity contribution in [1.29, 1.82) is 0 Å². The fourth-order valence-corrected chi connectivity index (χ4v) is 1.44. The Morgan fingerprint density at radius 3 is 2.38 bits per heavy atom. The number of carbonyl (C=O) groups is 1. The van der Waals surface area contributed by atoms with Crippen molar-refractivity contribution in [3.8, 4) is 0 Å². The summed E-state index contributed by atoms with van der Waals surface area (Å²) >= 11 is 0. The van der Waals surface area contributed by atoms with E-state index in [-0.39, 0.29) is 11.3 Å². The van der Waals surface area contributed by atoms with Crippen molar-refractivity contribution in [3.63, 3.8) is 0 Å². The quantitative estimate of drug-likeness (QED) is 0.691. The van der Waals surface area contributed by atoms with E-state index < -0.39 is 5.60 Å². The van der Waals surface area contributed by atoms with Crippen molar-refractivity contribution in [2.24, 2.45) is 5.41 Å². The molecule has 0 aromatic rings. The Kier molecular flexibility index (Phi) is 2.66. The van der Waals surface area contributed by atoms with Crippen LogP contribution in [0, 0.1) is 5.41 Å². The van der Waals surface area contributed by atoms with E-state index in [1.165, 1.54) is 0 Å².